The summed E-state index contributed by atoms with van der Waals surface area (Å²) >= 11 is -2.55. The Morgan fingerprint density at radius 2 is 1.59 bits per heavy atom. The average Bonchev–Trinajstić information content (AvgIpc) is 3.67. The molecule has 0 saturated carbocycles. The third kappa shape index (κ3) is 5.53. The summed E-state index contributed by atoms with van der Waals surface area (Å²) in [6, 6.07) is 25.5. The Kier molecular flexibility index (Phi) is 7.44. The van der Waals surface area contributed by atoms with Crippen molar-refractivity contribution in [1.82, 2.24) is 0 Å². The Morgan fingerprint density at radius 3 is 2.27 bits per heavy atom. The third-order valence-electron chi connectivity index (χ3n) is 8.84. The summed E-state index contributed by atoms with van der Waals surface area (Å²) in [5, 5.41) is 0. The van der Waals surface area contributed by atoms with Crippen LogP contribution < -0.4 is 3.27 Å². The van der Waals surface area contributed by atoms with Crippen LogP contribution in [0.4, 0.5) is 0 Å². The number of furan rings is 1. The van der Waals surface area contributed by atoms with E-state index in [2.05, 4.69) is 131 Å². The number of rotatable bonds is 5. The first-order valence-electron chi connectivity index (χ1n) is 15.0. The van der Waals surface area contributed by atoms with Crippen LogP contribution in [0.2, 0.25) is 0 Å². The van der Waals surface area contributed by atoms with E-state index in [1.165, 1.54) is 44.5 Å². The molecule has 208 valence electrons. The molecule has 0 aliphatic heterocycles. The first kappa shape index (κ1) is 28.3. The van der Waals surface area contributed by atoms with Gasteiger partial charge in [0.2, 0.25) is 0 Å². The van der Waals surface area contributed by atoms with Crippen LogP contribution in [-0.4, -0.2) is 3.71 Å². The molecule has 2 heteroatoms. The Labute approximate surface area is 254 Å². The van der Waals surface area contributed by atoms with Gasteiger partial charge in [-0.05, 0) is 0 Å². The van der Waals surface area contributed by atoms with Crippen molar-refractivity contribution >= 4 is 12.6 Å². The van der Waals surface area contributed by atoms with Gasteiger partial charge in [-0.3, -0.25) is 0 Å². The summed E-state index contributed by atoms with van der Waals surface area (Å²) in [4.78, 5) is 0. The third-order valence-corrected chi connectivity index (χ3v) is 16.1. The Balaban J connectivity index is 1.61. The number of benzene rings is 3. The van der Waals surface area contributed by atoms with Crippen molar-refractivity contribution in [3.63, 3.8) is 0 Å². The van der Waals surface area contributed by atoms with Gasteiger partial charge in [-0.15, -0.1) is 0 Å². The van der Waals surface area contributed by atoms with Gasteiger partial charge in [0.15, 0.2) is 0 Å². The van der Waals surface area contributed by atoms with Crippen molar-refractivity contribution in [3.8, 4) is 11.1 Å². The fourth-order valence-corrected chi connectivity index (χ4v) is 14.0. The fourth-order valence-electron chi connectivity index (χ4n) is 6.35. The summed E-state index contributed by atoms with van der Waals surface area (Å²) in [6.45, 7) is 16.5. The molecular weight excluding hydrogens is 576 g/mol. The molecule has 0 fully saturated rings. The van der Waals surface area contributed by atoms with E-state index in [4.69, 9.17) is 4.42 Å². The zero-order valence-electron chi connectivity index (χ0n) is 25.6. The van der Waals surface area contributed by atoms with E-state index in [0.29, 0.717) is 5.92 Å². The molecule has 2 aliphatic carbocycles. The van der Waals surface area contributed by atoms with Gasteiger partial charge in [-0.1, -0.05) is 0 Å². The first-order chi connectivity index (χ1) is 19.5. The molecule has 0 amide bonds. The first-order valence-corrected chi connectivity index (χ1v) is 18.9. The SMILES string of the molecule is CC1C=CC(c2ccoc2)=[C]1[Zr](=[CH]Cc1ccccc1)[c]1cc(C(C)(C)C)cc2c1Cc1ccc(C(C)(C)C)cc1-2. The van der Waals surface area contributed by atoms with E-state index in [9.17, 15) is 0 Å². The van der Waals surface area contributed by atoms with Gasteiger partial charge in [0, 0.05) is 0 Å². The molecule has 1 nitrogen and oxygen atoms in total. The van der Waals surface area contributed by atoms with Crippen molar-refractivity contribution in [2.75, 3.05) is 0 Å². The quantitative estimate of drug-likeness (QED) is 0.192. The molecule has 2 aliphatic rings. The van der Waals surface area contributed by atoms with Crippen LogP contribution in [0.15, 0.2) is 99.1 Å². The standard InChI is InChI=1S/C21H25.C10H9O.C8H8.Zr/c1-20(2,3)16-9-7-14-11-15-8-10-17(21(4,5)6)13-19(15)18(14)12-16;1-8-2-3-9(6-8)10-4-5-11-7-10;1-2-8-6-4-3-5-7-8;/h7,9-10,12-13H,11H2,1-6H3;2-5,7-8H,1H3;1,3-7H,2H2;. The van der Waals surface area contributed by atoms with Crippen LogP contribution in [0.1, 0.15) is 81.8 Å². The predicted octanol–water partition coefficient (Wildman–Crippen LogP) is 9.35. The topological polar surface area (TPSA) is 13.1 Å². The van der Waals surface area contributed by atoms with Crippen LogP contribution in [0.25, 0.3) is 16.7 Å². The second kappa shape index (κ2) is 10.8. The molecule has 6 rings (SSSR count). The van der Waals surface area contributed by atoms with E-state index in [1.54, 1.807) is 12.1 Å². The molecule has 0 radical (unpaired) electrons. The predicted molar refractivity (Wildman–Crippen MR) is 172 cm³/mol. The van der Waals surface area contributed by atoms with Gasteiger partial charge < -0.3 is 0 Å². The average molecular weight is 618 g/mol. The maximum absolute atomic E-state index is 5.59. The van der Waals surface area contributed by atoms with Gasteiger partial charge >= 0.3 is 255 Å². The van der Waals surface area contributed by atoms with Gasteiger partial charge in [0.25, 0.3) is 0 Å². The van der Waals surface area contributed by atoms with E-state index < -0.39 is 21.3 Å². The summed E-state index contributed by atoms with van der Waals surface area (Å²) in [5.41, 5.74) is 13.1. The summed E-state index contributed by atoms with van der Waals surface area (Å²) in [7, 11) is 0. The Morgan fingerprint density at radius 1 is 0.854 bits per heavy atom. The van der Waals surface area contributed by atoms with Crippen molar-refractivity contribution in [2.45, 2.75) is 72.1 Å². The van der Waals surface area contributed by atoms with Crippen LogP contribution in [0.3, 0.4) is 0 Å². The fraction of sp³-hybridized carbons (Fsp3) is 0.308. The molecule has 41 heavy (non-hydrogen) atoms. The molecule has 1 atom stereocenters. The van der Waals surface area contributed by atoms with Gasteiger partial charge in [0.1, 0.15) is 0 Å². The number of hydrogen-bond donors (Lipinski definition) is 0. The zero-order chi connectivity index (χ0) is 28.9. The van der Waals surface area contributed by atoms with Gasteiger partial charge in [0.05, 0.1) is 0 Å². The molecule has 0 bridgehead atoms. The van der Waals surface area contributed by atoms with Crippen LogP contribution in [0, 0.1) is 5.92 Å². The molecule has 0 N–H and O–H groups in total. The maximum atomic E-state index is 5.59. The van der Waals surface area contributed by atoms with Crippen molar-refractivity contribution in [1.29, 1.82) is 0 Å². The van der Waals surface area contributed by atoms with Gasteiger partial charge in [-0.25, -0.2) is 0 Å². The molecule has 0 spiro atoms. The van der Waals surface area contributed by atoms with Crippen molar-refractivity contribution < 1.29 is 25.7 Å². The summed E-state index contributed by atoms with van der Waals surface area (Å²) in [5.74, 6) is 0.437. The molecule has 0 saturated heterocycles. The Hall–Kier alpha value is -2.83. The minimum atomic E-state index is -2.55. The minimum absolute atomic E-state index is 0.0726. The normalized spacial score (nSPS) is 16.9. The summed E-state index contributed by atoms with van der Waals surface area (Å²) < 4.78 is 11.7. The molecule has 1 aromatic heterocycles. The second-order valence-electron chi connectivity index (χ2n) is 13.9. The molecule has 1 heterocycles. The molecule has 3 aromatic carbocycles. The van der Waals surface area contributed by atoms with E-state index >= 15 is 0 Å². The second-order valence-corrected chi connectivity index (χ2v) is 19.6. The Bertz CT molecular complexity index is 1680. The van der Waals surface area contributed by atoms with Crippen molar-refractivity contribution in [2.24, 2.45) is 5.92 Å². The van der Waals surface area contributed by atoms with Crippen LogP contribution >= 0.6 is 0 Å². The number of allylic oxidation sites excluding steroid dienone is 4. The molecule has 4 aromatic rings. The van der Waals surface area contributed by atoms with E-state index in [-0.39, 0.29) is 10.8 Å². The monoisotopic (exact) mass is 616 g/mol. The van der Waals surface area contributed by atoms with Crippen molar-refractivity contribution in [3.05, 3.63) is 128 Å². The van der Waals surface area contributed by atoms with Crippen LogP contribution in [0.5, 0.6) is 0 Å². The summed E-state index contributed by atoms with van der Waals surface area (Å²) in [6.07, 6.45) is 10.6. The molecule has 1 unspecified atom stereocenters. The van der Waals surface area contributed by atoms with E-state index in [0.717, 1.165) is 12.8 Å². The van der Waals surface area contributed by atoms with E-state index in [1.807, 2.05) is 12.5 Å². The molecular formula is C39H42OZr. The number of hydrogen-bond acceptors (Lipinski definition) is 1. The van der Waals surface area contributed by atoms with Crippen LogP contribution in [-0.2, 0) is 44.9 Å². The van der Waals surface area contributed by atoms with Gasteiger partial charge in [-0.2, -0.15) is 0 Å². The zero-order valence-corrected chi connectivity index (χ0v) is 28.1. The number of fused-ring (bicyclic) bond motifs is 3.